The van der Waals surface area contributed by atoms with E-state index >= 15 is 0 Å². The van der Waals surface area contributed by atoms with Gasteiger partial charge in [-0.2, -0.15) is 0 Å². The molecule has 42 heavy (non-hydrogen) atoms. The molecule has 0 radical (unpaired) electrons. The van der Waals surface area contributed by atoms with Gasteiger partial charge in [-0.1, -0.05) is 59.6 Å². The fourth-order valence-electron chi connectivity index (χ4n) is 4.07. The number of nitrogens with one attached hydrogen (secondary N) is 4. The summed E-state index contributed by atoms with van der Waals surface area (Å²) in [6, 6.07) is 28.2. The van der Waals surface area contributed by atoms with Crippen molar-refractivity contribution in [3.63, 3.8) is 0 Å². The zero-order valence-electron chi connectivity index (χ0n) is 22.0. The molecule has 0 spiro atoms. The number of hydrogen-bond donors (Lipinski definition) is 4. The van der Waals surface area contributed by atoms with Crippen molar-refractivity contribution in [2.45, 2.75) is 4.90 Å². The first-order chi connectivity index (χ1) is 20.4. The average molecular weight is 616 g/mol. The van der Waals surface area contributed by atoms with E-state index in [-0.39, 0.29) is 17.4 Å². The van der Waals surface area contributed by atoms with Gasteiger partial charge in [0.25, 0.3) is 11.8 Å². The second-order valence-electron chi connectivity index (χ2n) is 9.11. The summed E-state index contributed by atoms with van der Waals surface area (Å²) in [6.45, 7) is 0. The average Bonchev–Trinajstić information content (AvgIpc) is 3.46. The van der Waals surface area contributed by atoms with Crippen LogP contribution in [0.1, 0.15) is 15.9 Å². The molecular weight excluding hydrogens is 591 g/mol. The highest BCUT2D eigenvalue weighted by Gasteiger charge is 2.17. The van der Waals surface area contributed by atoms with Gasteiger partial charge in [0, 0.05) is 49.2 Å². The van der Waals surface area contributed by atoms with Crippen LogP contribution in [0.5, 0.6) is 0 Å². The maximum Gasteiger partial charge on any atom is 0.272 e. The van der Waals surface area contributed by atoms with E-state index in [4.69, 9.17) is 23.2 Å². The maximum atomic E-state index is 13.4. The fourth-order valence-corrected chi connectivity index (χ4v) is 5.33. The van der Waals surface area contributed by atoms with Crippen LogP contribution >= 0.6 is 35.0 Å². The van der Waals surface area contributed by atoms with Gasteiger partial charge in [0.15, 0.2) is 0 Å². The van der Waals surface area contributed by atoms with Gasteiger partial charge in [-0.05, 0) is 72.1 Å². The molecule has 4 aromatic carbocycles. The van der Waals surface area contributed by atoms with E-state index in [0.29, 0.717) is 32.5 Å². The molecule has 210 valence electrons. The Kier molecular flexibility index (Phi) is 9.28. The molecule has 5 rings (SSSR count). The SMILES string of the molecule is O=C(CSc1cccc(NC(=O)/C(=C\c2c(Cl)cccc2Cl)NC(=O)c2ccccc2)c1)Nc1ccc2cc[nH]c2c1. The fraction of sp³-hybridized carbons (Fsp3) is 0.0312. The topological polar surface area (TPSA) is 103 Å². The van der Waals surface area contributed by atoms with Crippen LogP contribution in [0.15, 0.2) is 114 Å². The number of aromatic amines is 1. The van der Waals surface area contributed by atoms with Crippen molar-refractivity contribution in [1.82, 2.24) is 10.3 Å². The van der Waals surface area contributed by atoms with Crippen LogP contribution in [-0.2, 0) is 9.59 Å². The van der Waals surface area contributed by atoms with E-state index in [0.717, 1.165) is 15.8 Å². The number of carbonyl (C=O) groups is 3. The number of anilines is 2. The Morgan fingerprint density at radius 2 is 1.52 bits per heavy atom. The van der Waals surface area contributed by atoms with E-state index in [9.17, 15) is 14.4 Å². The summed E-state index contributed by atoms with van der Waals surface area (Å²) in [7, 11) is 0. The van der Waals surface area contributed by atoms with Crippen molar-refractivity contribution in [2.24, 2.45) is 0 Å². The largest absolute Gasteiger partial charge is 0.361 e. The predicted molar refractivity (Wildman–Crippen MR) is 171 cm³/mol. The number of aromatic nitrogens is 1. The molecule has 0 bridgehead atoms. The Bertz CT molecular complexity index is 1780. The van der Waals surface area contributed by atoms with E-state index < -0.39 is 11.8 Å². The van der Waals surface area contributed by atoms with Crippen molar-refractivity contribution in [1.29, 1.82) is 0 Å². The van der Waals surface area contributed by atoms with Gasteiger partial charge in [0.2, 0.25) is 5.91 Å². The Morgan fingerprint density at radius 1 is 0.786 bits per heavy atom. The lowest BCUT2D eigenvalue weighted by Crippen LogP contribution is -2.30. The first-order valence-corrected chi connectivity index (χ1v) is 14.5. The second-order valence-corrected chi connectivity index (χ2v) is 11.0. The van der Waals surface area contributed by atoms with E-state index in [1.54, 1.807) is 66.7 Å². The normalized spacial score (nSPS) is 11.2. The lowest BCUT2D eigenvalue weighted by molar-refractivity contribution is -0.114. The number of thioether (sulfide) groups is 1. The van der Waals surface area contributed by atoms with Gasteiger partial charge in [0.1, 0.15) is 5.70 Å². The van der Waals surface area contributed by atoms with Crippen molar-refractivity contribution in [2.75, 3.05) is 16.4 Å². The summed E-state index contributed by atoms with van der Waals surface area (Å²) in [5, 5.41) is 10.1. The van der Waals surface area contributed by atoms with Crippen LogP contribution in [0.25, 0.3) is 17.0 Å². The summed E-state index contributed by atoms with van der Waals surface area (Å²) < 4.78 is 0. The van der Waals surface area contributed by atoms with Crippen molar-refractivity contribution in [3.05, 3.63) is 130 Å². The third kappa shape index (κ3) is 7.41. The number of H-pyrrole nitrogens is 1. The Hall–Kier alpha value is -4.50. The number of amides is 3. The Balaban J connectivity index is 1.28. The summed E-state index contributed by atoms with van der Waals surface area (Å²) in [5.41, 5.74) is 2.85. The highest BCUT2D eigenvalue weighted by Crippen LogP contribution is 2.27. The van der Waals surface area contributed by atoms with E-state index in [1.807, 2.05) is 36.5 Å². The Labute approximate surface area is 256 Å². The second kappa shape index (κ2) is 13.4. The molecule has 0 atom stereocenters. The Morgan fingerprint density at radius 3 is 2.31 bits per heavy atom. The highest BCUT2D eigenvalue weighted by atomic mass is 35.5. The first-order valence-electron chi connectivity index (χ1n) is 12.8. The van der Waals surface area contributed by atoms with E-state index in [2.05, 4.69) is 20.9 Å². The van der Waals surface area contributed by atoms with Crippen LogP contribution in [-0.4, -0.2) is 28.5 Å². The monoisotopic (exact) mass is 614 g/mol. The quantitative estimate of drug-likeness (QED) is 0.101. The van der Waals surface area contributed by atoms with Gasteiger partial charge in [-0.25, -0.2) is 0 Å². The maximum absolute atomic E-state index is 13.4. The molecule has 0 saturated carbocycles. The smallest absolute Gasteiger partial charge is 0.272 e. The molecular formula is C32H24Cl2N4O3S. The molecule has 0 saturated heterocycles. The van der Waals surface area contributed by atoms with Crippen LogP contribution in [0, 0.1) is 0 Å². The molecule has 0 aliphatic rings. The number of carbonyl (C=O) groups excluding carboxylic acids is 3. The molecule has 5 aromatic rings. The standard InChI is InChI=1S/C32H24Cl2N4O3S/c33-26-10-5-11-27(34)25(26)18-29(38-31(40)21-6-2-1-3-7-21)32(41)37-22-8-4-9-24(16-22)42-19-30(39)36-23-13-12-20-14-15-35-28(20)17-23/h1-18,35H,19H2,(H,36,39)(H,37,41)(H,38,40)/b29-18+. The van der Waals surface area contributed by atoms with Gasteiger partial charge in [-0.3, -0.25) is 14.4 Å². The molecule has 1 aromatic heterocycles. The lowest BCUT2D eigenvalue weighted by atomic mass is 10.1. The molecule has 0 fully saturated rings. The number of halogens is 2. The molecule has 7 nitrogen and oxygen atoms in total. The van der Waals surface area contributed by atoms with Crippen molar-refractivity contribution >= 4 is 81.0 Å². The zero-order valence-corrected chi connectivity index (χ0v) is 24.3. The van der Waals surface area contributed by atoms with Crippen molar-refractivity contribution in [3.8, 4) is 0 Å². The highest BCUT2D eigenvalue weighted by molar-refractivity contribution is 8.00. The number of benzene rings is 4. The molecule has 3 amide bonds. The minimum atomic E-state index is -0.574. The summed E-state index contributed by atoms with van der Waals surface area (Å²) in [6.07, 6.45) is 3.29. The number of fused-ring (bicyclic) bond motifs is 1. The van der Waals surface area contributed by atoms with Crippen molar-refractivity contribution < 1.29 is 14.4 Å². The van der Waals surface area contributed by atoms with Crippen LogP contribution in [0.2, 0.25) is 10.0 Å². The first kappa shape index (κ1) is 29.0. The van der Waals surface area contributed by atoms with Gasteiger partial charge < -0.3 is 20.9 Å². The molecule has 1 heterocycles. The molecule has 10 heteroatoms. The molecule has 0 aliphatic heterocycles. The van der Waals surface area contributed by atoms with Gasteiger partial charge >= 0.3 is 0 Å². The third-order valence-electron chi connectivity index (χ3n) is 6.12. The summed E-state index contributed by atoms with van der Waals surface area (Å²) in [4.78, 5) is 42.8. The van der Waals surface area contributed by atoms with Crippen LogP contribution < -0.4 is 16.0 Å². The van der Waals surface area contributed by atoms with Crippen LogP contribution in [0.3, 0.4) is 0 Å². The minimum absolute atomic E-state index is 0.0460. The number of hydrogen-bond acceptors (Lipinski definition) is 4. The predicted octanol–water partition coefficient (Wildman–Crippen LogP) is 7.62. The van der Waals surface area contributed by atoms with Gasteiger partial charge in [0.05, 0.1) is 5.75 Å². The van der Waals surface area contributed by atoms with E-state index in [1.165, 1.54) is 17.8 Å². The summed E-state index contributed by atoms with van der Waals surface area (Å²) >= 11 is 14.0. The minimum Gasteiger partial charge on any atom is -0.361 e. The third-order valence-corrected chi connectivity index (χ3v) is 7.77. The van der Waals surface area contributed by atoms with Gasteiger partial charge in [-0.15, -0.1) is 11.8 Å². The molecule has 4 N–H and O–H groups in total. The molecule has 0 aliphatic carbocycles. The zero-order chi connectivity index (χ0) is 29.5. The number of rotatable bonds is 9. The lowest BCUT2D eigenvalue weighted by Gasteiger charge is -2.13. The molecule has 0 unspecified atom stereocenters. The summed E-state index contributed by atoms with van der Waals surface area (Å²) in [5.74, 6) is -1.03. The van der Waals surface area contributed by atoms with Crippen LogP contribution in [0.4, 0.5) is 11.4 Å².